The molecule has 0 spiro atoms. The molecule has 3 aromatic rings. The average Bonchev–Trinajstić information content (AvgIpc) is 3.10. The quantitative estimate of drug-likeness (QED) is 0.550. The Balaban J connectivity index is 1.47. The number of hydrogen-bond donors (Lipinski definition) is 0. The van der Waals surface area contributed by atoms with Crippen molar-refractivity contribution in [3.05, 3.63) is 57.0 Å². The van der Waals surface area contributed by atoms with E-state index in [4.69, 9.17) is 32.9 Å². The number of amides is 1. The van der Waals surface area contributed by atoms with Gasteiger partial charge < -0.3 is 9.64 Å². The van der Waals surface area contributed by atoms with E-state index in [1.54, 1.807) is 36.6 Å². The number of ether oxygens (including phenoxy) is 1. The molecular weight excluding hydrogens is 403 g/mol. The lowest BCUT2D eigenvalue weighted by molar-refractivity contribution is 0.0709. The molecule has 0 unspecified atom stereocenters. The van der Waals surface area contributed by atoms with Gasteiger partial charge in [0.1, 0.15) is 5.75 Å². The van der Waals surface area contributed by atoms with Gasteiger partial charge in [-0.25, -0.2) is 4.98 Å². The number of hydrogen-bond acceptors (Lipinski definition) is 4. The normalized spacial score (nSPS) is 15.3. The van der Waals surface area contributed by atoms with E-state index in [1.165, 1.54) is 0 Å². The number of rotatable bonds is 3. The number of nitrogens with zero attached hydrogens (tertiary/aromatic N) is 2. The number of halogens is 2. The van der Waals surface area contributed by atoms with E-state index in [0.29, 0.717) is 40.4 Å². The Bertz CT molecular complexity index is 997. The van der Waals surface area contributed by atoms with Gasteiger partial charge in [0.2, 0.25) is 0 Å². The molecule has 4 rings (SSSR count). The van der Waals surface area contributed by atoms with Gasteiger partial charge in [-0.2, -0.15) is 0 Å². The second kappa shape index (κ2) is 7.66. The van der Waals surface area contributed by atoms with Crippen LogP contribution in [0.5, 0.6) is 5.75 Å². The van der Waals surface area contributed by atoms with E-state index in [1.807, 2.05) is 23.1 Å². The zero-order valence-corrected chi connectivity index (χ0v) is 17.1. The molecule has 1 aliphatic heterocycles. The van der Waals surface area contributed by atoms with E-state index in [-0.39, 0.29) is 5.91 Å². The van der Waals surface area contributed by atoms with Gasteiger partial charge in [-0.1, -0.05) is 23.2 Å². The van der Waals surface area contributed by atoms with E-state index < -0.39 is 0 Å². The summed E-state index contributed by atoms with van der Waals surface area (Å²) in [5, 5.41) is 2.39. The Morgan fingerprint density at radius 2 is 1.85 bits per heavy atom. The van der Waals surface area contributed by atoms with E-state index in [9.17, 15) is 4.79 Å². The van der Waals surface area contributed by atoms with Crippen LogP contribution in [0.15, 0.2) is 36.4 Å². The first-order valence-corrected chi connectivity index (χ1v) is 10.3. The number of benzene rings is 2. The highest BCUT2D eigenvalue weighted by Crippen LogP contribution is 2.35. The number of carbonyl (C=O) groups is 1. The lowest BCUT2D eigenvalue weighted by Gasteiger charge is -2.31. The predicted molar refractivity (Wildman–Crippen MR) is 111 cm³/mol. The van der Waals surface area contributed by atoms with Crippen molar-refractivity contribution in [2.24, 2.45) is 0 Å². The smallest absolute Gasteiger partial charge is 0.257 e. The molecule has 2 aromatic carbocycles. The Morgan fingerprint density at radius 3 is 2.59 bits per heavy atom. The van der Waals surface area contributed by atoms with E-state index in [2.05, 4.69) is 0 Å². The molecule has 1 amide bonds. The van der Waals surface area contributed by atoms with Gasteiger partial charge >= 0.3 is 0 Å². The van der Waals surface area contributed by atoms with Crippen LogP contribution in [-0.2, 0) is 0 Å². The van der Waals surface area contributed by atoms with Crippen LogP contribution in [0.1, 0.15) is 34.1 Å². The molecule has 0 atom stereocenters. The maximum absolute atomic E-state index is 12.9. The first-order valence-electron chi connectivity index (χ1n) is 8.74. The van der Waals surface area contributed by atoms with Gasteiger partial charge in [0.05, 0.1) is 27.9 Å². The second-order valence-electron chi connectivity index (χ2n) is 6.58. The monoisotopic (exact) mass is 420 g/mol. The second-order valence-corrected chi connectivity index (χ2v) is 8.51. The van der Waals surface area contributed by atoms with Crippen molar-refractivity contribution in [3.63, 3.8) is 0 Å². The van der Waals surface area contributed by atoms with Gasteiger partial charge in [0, 0.05) is 29.1 Å². The Morgan fingerprint density at radius 1 is 1.15 bits per heavy atom. The van der Waals surface area contributed by atoms with Gasteiger partial charge in [-0.15, -0.1) is 11.3 Å². The number of methoxy groups -OCH3 is 1. The van der Waals surface area contributed by atoms with Gasteiger partial charge in [0.15, 0.2) is 0 Å². The Hall–Kier alpha value is -1.82. The average molecular weight is 421 g/mol. The van der Waals surface area contributed by atoms with Crippen LogP contribution in [0.2, 0.25) is 10.0 Å². The van der Waals surface area contributed by atoms with Crippen LogP contribution in [0.4, 0.5) is 0 Å². The zero-order valence-electron chi connectivity index (χ0n) is 14.7. The molecule has 140 valence electrons. The molecular formula is C20H18Cl2N2O2S. The number of thiazole rings is 1. The Kier molecular flexibility index (Phi) is 5.26. The maximum atomic E-state index is 12.9. The third-order valence-corrected chi connectivity index (χ3v) is 6.56. The van der Waals surface area contributed by atoms with E-state index in [0.717, 1.165) is 28.1 Å². The fourth-order valence-electron chi connectivity index (χ4n) is 3.43. The molecule has 1 saturated heterocycles. The van der Waals surface area contributed by atoms with Crippen molar-refractivity contribution < 1.29 is 9.53 Å². The molecule has 4 nitrogen and oxygen atoms in total. The largest absolute Gasteiger partial charge is 0.496 e. The summed E-state index contributed by atoms with van der Waals surface area (Å²) in [5.41, 5.74) is 1.50. The van der Waals surface area contributed by atoms with Crippen LogP contribution in [-0.4, -0.2) is 36.0 Å². The van der Waals surface area contributed by atoms with Crippen molar-refractivity contribution in [1.29, 1.82) is 0 Å². The third kappa shape index (κ3) is 3.77. The third-order valence-electron chi connectivity index (χ3n) is 4.89. The minimum Gasteiger partial charge on any atom is -0.496 e. The van der Waals surface area contributed by atoms with Crippen molar-refractivity contribution in [2.75, 3.05) is 20.2 Å². The number of carbonyl (C=O) groups excluding carboxylic acids is 1. The minimum atomic E-state index is -0.0157. The van der Waals surface area contributed by atoms with Crippen LogP contribution in [0.3, 0.4) is 0 Å². The fraction of sp³-hybridized carbons (Fsp3) is 0.300. The molecule has 0 aliphatic carbocycles. The molecule has 7 heteroatoms. The fourth-order valence-corrected chi connectivity index (χ4v) is 4.88. The predicted octanol–water partition coefficient (Wildman–Crippen LogP) is 5.63. The highest BCUT2D eigenvalue weighted by Gasteiger charge is 2.28. The van der Waals surface area contributed by atoms with Gasteiger partial charge in [-0.3, -0.25) is 4.79 Å². The molecule has 0 N–H and O–H groups in total. The van der Waals surface area contributed by atoms with Crippen molar-refractivity contribution >= 4 is 50.7 Å². The lowest BCUT2D eigenvalue weighted by Crippen LogP contribution is -2.38. The highest BCUT2D eigenvalue weighted by molar-refractivity contribution is 7.18. The van der Waals surface area contributed by atoms with Gasteiger partial charge in [0.25, 0.3) is 5.91 Å². The highest BCUT2D eigenvalue weighted by atomic mass is 35.5. The van der Waals surface area contributed by atoms with Crippen molar-refractivity contribution in [1.82, 2.24) is 9.88 Å². The maximum Gasteiger partial charge on any atom is 0.257 e. The van der Waals surface area contributed by atoms with Crippen LogP contribution < -0.4 is 4.74 Å². The molecule has 0 saturated carbocycles. The number of fused-ring (bicyclic) bond motifs is 1. The summed E-state index contributed by atoms with van der Waals surface area (Å²) < 4.78 is 6.47. The molecule has 0 bridgehead atoms. The number of aromatic nitrogens is 1. The summed E-state index contributed by atoms with van der Waals surface area (Å²) in [5.74, 6) is 0.869. The van der Waals surface area contributed by atoms with Gasteiger partial charge in [-0.05, 0) is 49.2 Å². The Labute approximate surface area is 171 Å². The first kappa shape index (κ1) is 18.5. The van der Waals surface area contributed by atoms with Crippen molar-refractivity contribution in [3.8, 4) is 5.75 Å². The summed E-state index contributed by atoms with van der Waals surface area (Å²) in [6, 6.07) is 10.9. The SMILES string of the molecule is COc1cc(Cl)ccc1C(=O)N1CCC(c2nc3cc(Cl)ccc3s2)CC1. The van der Waals surface area contributed by atoms with Crippen LogP contribution >= 0.6 is 34.5 Å². The molecule has 0 radical (unpaired) electrons. The molecule has 1 aliphatic rings. The topological polar surface area (TPSA) is 42.4 Å². The zero-order chi connectivity index (χ0) is 19.0. The summed E-state index contributed by atoms with van der Waals surface area (Å²) in [6.07, 6.45) is 1.80. The van der Waals surface area contributed by atoms with E-state index >= 15 is 0 Å². The van der Waals surface area contributed by atoms with Crippen molar-refractivity contribution in [2.45, 2.75) is 18.8 Å². The summed E-state index contributed by atoms with van der Waals surface area (Å²) in [6.45, 7) is 1.40. The van der Waals surface area contributed by atoms with Crippen LogP contribution in [0, 0.1) is 0 Å². The standard InChI is InChI=1S/C20H18Cl2N2O2S/c1-26-17-11-14(22)2-4-15(17)20(25)24-8-6-12(7-9-24)19-23-16-10-13(21)3-5-18(16)27-19/h2-5,10-12H,6-9H2,1H3. The summed E-state index contributed by atoms with van der Waals surface area (Å²) in [4.78, 5) is 19.5. The first-order chi connectivity index (χ1) is 13.0. The molecule has 1 aromatic heterocycles. The molecule has 27 heavy (non-hydrogen) atoms. The number of likely N-dealkylation sites (tertiary alicyclic amines) is 1. The molecule has 2 heterocycles. The minimum absolute atomic E-state index is 0.0157. The molecule has 1 fully saturated rings. The summed E-state index contributed by atoms with van der Waals surface area (Å²) in [7, 11) is 1.55. The summed E-state index contributed by atoms with van der Waals surface area (Å²) >= 11 is 13.8. The number of piperidine rings is 1. The van der Waals surface area contributed by atoms with Crippen LogP contribution in [0.25, 0.3) is 10.2 Å². The lowest BCUT2D eigenvalue weighted by atomic mass is 9.97.